The van der Waals surface area contributed by atoms with Gasteiger partial charge in [0.2, 0.25) is 10.0 Å². The molecule has 0 radical (unpaired) electrons. The molecule has 12 heteroatoms. The highest BCUT2D eigenvalue weighted by molar-refractivity contribution is 7.93. The number of sulfonamides is 1. The van der Waals surface area contributed by atoms with Gasteiger partial charge in [0, 0.05) is 34.7 Å². The summed E-state index contributed by atoms with van der Waals surface area (Å²) in [7, 11) is -2.13. The summed E-state index contributed by atoms with van der Waals surface area (Å²) < 4.78 is 32.4. The van der Waals surface area contributed by atoms with Gasteiger partial charge in [0.15, 0.2) is 0 Å². The van der Waals surface area contributed by atoms with Crippen LogP contribution in [0.3, 0.4) is 0 Å². The van der Waals surface area contributed by atoms with Crippen molar-refractivity contribution in [2.24, 2.45) is 0 Å². The first kappa shape index (κ1) is 27.8. The molecule has 3 aromatic rings. The number of benzene rings is 1. The van der Waals surface area contributed by atoms with E-state index in [-0.39, 0.29) is 16.7 Å². The molecule has 204 valence electrons. The fraction of sp³-hybridized carbons (Fsp3) is 0.462. The van der Waals surface area contributed by atoms with Crippen LogP contribution in [0.15, 0.2) is 30.5 Å². The van der Waals surface area contributed by atoms with E-state index in [1.807, 2.05) is 27.7 Å². The zero-order chi connectivity index (χ0) is 27.7. The summed E-state index contributed by atoms with van der Waals surface area (Å²) in [6.07, 6.45) is 3.69. The molecule has 10 nitrogen and oxygen atoms in total. The van der Waals surface area contributed by atoms with Crippen LogP contribution in [-0.4, -0.2) is 52.8 Å². The molecule has 1 aliphatic carbocycles. The zero-order valence-electron chi connectivity index (χ0n) is 22.1. The van der Waals surface area contributed by atoms with Gasteiger partial charge in [-0.05, 0) is 50.5 Å². The number of aromatic amines is 1. The minimum Gasteiger partial charge on any atom is -0.453 e. The van der Waals surface area contributed by atoms with E-state index in [0.717, 1.165) is 5.82 Å². The largest absolute Gasteiger partial charge is 0.453 e. The summed E-state index contributed by atoms with van der Waals surface area (Å²) in [5.41, 5.74) is 2.69. The molecule has 1 aromatic carbocycles. The van der Waals surface area contributed by atoms with Crippen LogP contribution in [-0.2, 0) is 26.6 Å². The standard InChI is InChI=1S/C26H33ClN6O4S/c1-15(29-25(34)37-5)6-9-21-28-11-10-20(30-21)23-22(31-24(32-23)26(2,3)4)16-12-17(27)14-18(13-16)33-38(35,36)19-7-8-19/h10-15,19,33H,6-9H2,1-5H3,(H,29,34)(H,31,32)/t15-/m0/s1. The number of H-pyrrole nitrogens is 1. The van der Waals surface area contributed by atoms with E-state index >= 15 is 0 Å². The van der Waals surface area contributed by atoms with E-state index in [4.69, 9.17) is 21.6 Å². The average molecular weight is 561 g/mol. The first-order chi connectivity index (χ1) is 17.9. The second kappa shape index (κ2) is 10.9. The van der Waals surface area contributed by atoms with Gasteiger partial charge in [-0.3, -0.25) is 4.72 Å². The van der Waals surface area contributed by atoms with Gasteiger partial charge in [0.1, 0.15) is 11.6 Å². The maximum absolute atomic E-state index is 12.5. The molecular formula is C26H33ClN6O4S. The molecule has 4 rings (SSSR count). The van der Waals surface area contributed by atoms with E-state index in [0.29, 0.717) is 64.9 Å². The Balaban J connectivity index is 1.68. The maximum atomic E-state index is 12.5. The van der Waals surface area contributed by atoms with Gasteiger partial charge < -0.3 is 15.0 Å². The first-order valence-corrected chi connectivity index (χ1v) is 14.4. The molecule has 1 saturated carbocycles. The van der Waals surface area contributed by atoms with Crippen molar-refractivity contribution >= 4 is 33.4 Å². The highest BCUT2D eigenvalue weighted by Crippen LogP contribution is 2.36. The second-order valence-corrected chi connectivity index (χ2v) is 13.0. The van der Waals surface area contributed by atoms with E-state index < -0.39 is 16.1 Å². The molecule has 1 aliphatic rings. The Morgan fingerprint density at radius 3 is 2.63 bits per heavy atom. The first-order valence-electron chi connectivity index (χ1n) is 12.5. The Hall–Kier alpha value is -3.18. The second-order valence-electron chi connectivity index (χ2n) is 10.6. The molecule has 0 unspecified atom stereocenters. The van der Waals surface area contributed by atoms with Crippen molar-refractivity contribution in [2.45, 2.75) is 70.1 Å². The number of anilines is 1. The van der Waals surface area contributed by atoms with Crippen LogP contribution in [0.4, 0.5) is 10.5 Å². The normalized spacial score (nSPS) is 14.7. The molecule has 0 saturated heterocycles. The quantitative estimate of drug-likeness (QED) is 0.332. The molecule has 0 spiro atoms. The number of rotatable bonds is 9. The number of nitrogens with one attached hydrogen (secondary N) is 3. The van der Waals surface area contributed by atoms with Gasteiger partial charge in [-0.25, -0.2) is 28.2 Å². The lowest BCUT2D eigenvalue weighted by atomic mass is 9.96. The van der Waals surface area contributed by atoms with Crippen molar-refractivity contribution < 1.29 is 17.9 Å². The van der Waals surface area contributed by atoms with Crippen LogP contribution in [0.25, 0.3) is 22.6 Å². The Labute approximate surface area is 228 Å². The fourth-order valence-corrected chi connectivity index (χ4v) is 5.48. The summed E-state index contributed by atoms with van der Waals surface area (Å²) in [4.78, 5) is 28.9. The highest BCUT2D eigenvalue weighted by atomic mass is 35.5. The van der Waals surface area contributed by atoms with Crippen molar-refractivity contribution in [2.75, 3.05) is 11.8 Å². The van der Waals surface area contributed by atoms with Crippen LogP contribution >= 0.6 is 11.6 Å². The number of hydrogen-bond donors (Lipinski definition) is 3. The number of methoxy groups -OCH3 is 1. The lowest BCUT2D eigenvalue weighted by Gasteiger charge is -2.14. The lowest BCUT2D eigenvalue weighted by Crippen LogP contribution is -2.32. The van der Waals surface area contributed by atoms with E-state index in [9.17, 15) is 13.2 Å². The number of ether oxygens (including phenoxy) is 1. The van der Waals surface area contributed by atoms with Crippen molar-refractivity contribution in [3.05, 3.63) is 47.1 Å². The predicted octanol–water partition coefficient (Wildman–Crippen LogP) is 5.07. The third kappa shape index (κ3) is 6.82. The monoisotopic (exact) mass is 560 g/mol. The molecule has 1 amide bonds. The number of imidazole rings is 1. The maximum Gasteiger partial charge on any atom is 0.407 e. The minimum atomic E-state index is -3.46. The number of hydrogen-bond acceptors (Lipinski definition) is 7. The molecule has 2 aromatic heterocycles. The number of aromatic nitrogens is 4. The number of carbonyl (C=O) groups is 1. The molecule has 0 aliphatic heterocycles. The van der Waals surface area contributed by atoms with Crippen LogP contribution in [0.1, 0.15) is 58.6 Å². The van der Waals surface area contributed by atoms with Crippen LogP contribution in [0.5, 0.6) is 0 Å². The number of nitrogens with zero attached hydrogens (tertiary/aromatic N) is 3. The molecule has 1 fully saturated rings. The molecule has 1 atom stereocenters. The van der Waals surface area contributed by atoms with Gasteiger partial charge in [-0.2, -0.15) is 0 Å². The van der Waals surface area contributed by atoms with E-state index in [1.165, 1.54) is 7.11 Å². The van der Waals surface area contributed by atoms with Crippen molar-refractivity contribution in [1.82, 2.24) is 25.3 Å². The van der Waals surface area contributed by atoms with Crippen molar-refractivity contribution in [3.8, 4) is 22.6 Å². The van der Waals surface area contributed by atoms with E-state index in [2.05, 4.69) is 24.7 Å². The van der Waals surface area contributed by atoms with Crippen LogP contribution < -0.4 is 10.0 Å². The zero-order valence-corrected chi connectivity index (χ0v) is 23.7. The lowest BCUT2D eigenvalue weighted by molar-refractivity contribution is 0.167. The average Bonchev–Trinajstić information content (AvgIpc) is 3.60. The van der Waals surface area contributed by atoms with Gasteiger partial charge >= 0.3 is 6.09 Å². The van der Waals surface area contributed by atoms with Crippen molar-refractivity contribution in [1.29, 1.82) is 0 Å². The summed E-state index contributed by atoms with van der Waals surface area (Å²) in [6.45, 7) is 8.03. The number of carbonyl (C=O) groups excluding carboxylic acids is 1. The summed E-state index contributed by atoms with van der Waals surface area (Å²) in [5, 5.41) is 2.77. The Morgan fingerprint density at radius 1 is 1.24 bits per heavy atom. The predicted molar refractivity (Wildman–Crippen MR) is 148 cm³/mol. The summed E-state index contributed by atoms with van der Waals surface area (Å²) in [6, 6.07) is 6.76. The third-order valence-electron chi connectivity index (χ3n) is 6.12. The van der Waals surface area contributed by atoms with Crippen molar-refractivity contribution in [3.63, 3.8) is 0 Å². The SMILES string of the molecule is COC(=O)N[C@@H](C)CCc1nccc(-c2[nH]c(C(C)(C)C)nc2-c2cc(Cl)cc(NS(=O)(=O)C3CC3)c2)n1. The minimum absolute atomic E-state index is 0.116. The third-order valence-corrected chi connectivity index (χ3v) is 8.21. The van der Waals surface area contributed by atoms with Crippen LogP contribution in [0.2, 0.25) is 5.02 Å². The highest BCUT2D eigenvalue weighted by Gasteiger charge is 2.36. The molecule has 38 heavy (non-hydrogen) atoms. The Morgan fingerprint density at radius 2 is 1.97 bits per heavy atom. The molecule has 3 N–H and O–H groups in total. The number of amides is 1. The van der Waals surface area contributed by atoms with Gasteiger partial charge in [-0.1, -0.05) is 32.4 Å². The van der Waals surface area contributed by atoms with Gasteiger partial charge in [0.05, 0.1) is 35.1 Å². The Kier molecular flexibility index (Phi) is 7.98. The molecule has 2 heterocycles. The number of halogens is 1. The smallest absolute Gasteiger partial charge is 0.407 e. The topological polar surface area (TPSA) is 139 Å². The van der Waals surface area contributed by atoms with Gasteiger partial charge in [0.25, 0.3) is 0 Å². The van der Waals surface area contributed by atoms with E-state index in [1.54, 1.807) is 30.5 Å². The molecule has 0 bridgehead atoms. The number of alkyl carbamates (subject to hydrolysis) is 1. The number of aryl methyl sites for hydroxylation is 1. The summed E-state index contributed by atoms with van der Waals surface area (Å²) in [5.74, 6) is 1.36. The molecular weight excluding hydrogens is 528 g/mol. The van der Waals surface area contributed by atoms with Gasteiger partial charge in [-0.15, -0.1) is 0 Å². The fourth-order valence-electron chi connectivity index (χ4n) is 3.87. The summed E-state index contributed by atoms with van der Waals surface area (Å²) >= 11 is 6.42. The van der Waals surface area contributed by atoms with Crippen LogP contribution in [0, 0.1) is 0 Å². The Bertz CT molecular complexity index is 1430.